The second-order valence-electron chi connectivity index (χ2n) is 4.71. The predicted octanol–water partition coefficient (Wildman–Crippen LogP) is 2.29. The van der Waals surface area contributed by atoms with Crippen LogP contribution in [0.5, 0.6) is 0 Å². The molecule has 2 rings (SSSR count). The first-order valence-electron chi connectivity index (χ1n) is 5.76. The van der Waals surface area contributed by atoms with E-state index < -0.39 is 0 Å². The number of imidazole rings is 1. The highest BCUT2D eigenvalue weighted by Crippen LogP contribution is 2.13. The van der Waals surface area contributed by atoms with Gasteiger partial charge >= 0.3 is 0 Å². The molecule has 1 aromatic heterocycles. The zero-order valence-electron chi connectivity index (χ0n) is 10.4. The second-order valence-corrected chi connectivity index (χ2v) is 4.71. The zero-order valence-corrected chi connectivity index (χ0v) is 10.4. The third kappa shape index (κ3) is 2.46. The molecule has 0 fully saturated rings. The van der Waals surface area contributed by atoms with E-state index in [4.69, 9.17) is 0 Å². The summed E-state index contributed by atoms with van der Waals surface area (Å²) in [6.07, 6.45) is 1.64. The Hall–Kier alpha value is -1.84. The van der Waals surface area contributed by atoms with Gasteiger partial charge in [0.05, 0.1) is 17.4 Å². The lowest BCUT2D eigenvalue weighted by Gasteiger charge is -2.19. The lowest BCUT2D eigenvalue weighted by molar-refractivity contribution is 0.0779. The number of aromatic amines is 1. The Morgan fingerprint density at radius 1 is 1.47 bits per heavy atom. The fourth-order valence-corrected chi connectivity index (χ4v) is 1.92. The number of aromatic nitrogens is 2. The molecule has 1 heterocycles. The number of H-pyrrole nitrogens is 1. The Labute approximate surface area is 101 Å². The third-order valence-corrected chi connectivity index (χ3v) is 2.65. The van der Waals surface area contributed by atoms with Gasteiger partial charge in [-0.15, -0.1) is 0 Å². The van der Waals surface area contributed by atoms with Crippen molar-refractivity contribution in [2.24, 2.45) is 5.92 Å². The number of hydrogen-bond acceptors (Lipinski definition) is 2. The molecule has 1 amide bonds. The number of carbonyl (C=O) groups is 1. The number of fused-ring (bicyclic) bond motifs is 1. The molecule has 0 spiro atoms. The number of hydrogen-bond donors (Lipinski definition) is 1. The van der Waals surface area contributed by atoms with Crippen LogP contribution in [0, 0.1) is 5.92 Å². The normalized spacial score (nSPS) is 11.1. The Balaban J connectivity index is 2.23. The summed E-state index contributed by atoms with van der Waals surface area (Å²) in [5.74, 6) is 0.523. The Morgan fingerprint density at radius 3 is 2.94 bits per heavy atom. The molecule has 4 nitrogen and oxygen atoms in total. The van der Waals surface area contributed by atoms with E-state index in [1.54, 1.807) is 11.2 Å². The average molecular weight is 231 g/mol. The van der Waals surface area contributed by atoms with Gasteiger partial charge in [0.1, 0.15) is 0 Å². The summed E-state index contributed by atoms with van der Waals surface area (Å²) in [4.78, 5) is 21.0. The van der Waals surface area contributed by atoms with E-state index in [2.05, 4.69) is 23.8 Å². The van der Waals surface area contributed by atoms with Crippen LogP contribution in [0.3, 0.4) is 0 Å². The maximum atomic E-state index is 12.1. The molecule has 0 atom stereocenters. The monoisotopic (exact) mass is 231 g/mol. The van der Waals surface area contributed by atoms with Gasteiger partial charge in [0.2, 0.25) is 0 Å². The van der Waals surface area contributed by atoms with E-state index in [1.165, 1.54) is 0 Å². The highest BCUT2D eigenvalue weighted by molar-refractivity contribution is 5.97. The smallest absolute Gasteiger partial charge is 0.253 e. The molecular formula is C13H17N3O. The van der Waals surface area contributed by atoms with E-state index in [1.807, 2.05) is 25.2 Å². The molecule has 0 aliphatic rings. The van der Waals surface area contributed by atoms with Gasteiger partial charge in [-0.25, -0.2) is 4.98 Å². The standard InChI is InChI=1S/C13H17N3O/c1-9(2)7-16(3)13(17)10-4-5-11-12(6-10)15-8-14-11/h4-6,8-9H,7H2,1-3H3,(H,14,15). The Bertz CT molecular complexity index is 530. The molecule has 0 radical (unpaired) electrons. The number of benzene rings is 1. The fourth-order valence-electron chi connectivity index (χ4n) is 1.92. The van der Waals surface area contributed by atoms with Crippen molar-refractivity contribution in [1.29, 1.82) is 0 Å². The summed E-state index contributed by atoms with van der Waals surface area (Å²) in [7, 11) is 1.83. The van der Waals surface area contributed by atoms with Gasteiger partial charge in [-0.3, -0.25) is 4.79 Å². The van der Waals surface area contributed by atoms with Gasteiger partial charge in [-0.05, 0) is 24.1 Å². The molecule has 0 aliphatic carbocycles. The number of carbonyl (C=O) groups excluding carboxylic acids is 1. The van der Waals surface area contributed by atoms with E-state index in [0.717, 1.165) is 17.6 Å². The van der Waals surface area contributed by atoms with Crippen molar-refractivity contribution in [2.45, 2.75) is 13.8 Å². The molecule has 0 bridgehead atoms. The summed E-state index contributed by atoms with van der Waals surface area (Å²) in [5.41, 5.74) is 2.48. The number of rotatable bonds is 3. The minimum Gasteiger partial charge on any atom is -0.345 e. The quantitative estimate of drug-likeness (QED) is 0.881. The molecule has 17 heavy (non-hydrogen) atoms. The molecule has 0 aliphatic heterocycles. The van der Waals surface area contributed by atoms with Crippen LogP contribution in [-0.2, 0) is 0 Å². The minimum atomic E-state index is 0.0511. The molecule has 1 N–H and O–H groups in total. The van der Waals surface area contributed by atoms with E-state index >= 15 is 0 Å². The van der Waals surface area contributed by atoms with Gasteiger partial charge in [-0.1, -0.05) is 13.8 Å². The molecule has 1 aromatic carbocycles. The van der Waals surface area contributed by atoms with Crippen LogP contribution < -0.4 is 0 Å². The van der Waals surface area contributed by atoms with Gasteiger partial charge in [0, 0.05) is 19.2 Å². The summed E-state index contributed by atoms with van der Waals surface area (Å²) in [6, 6.07) is 5.53. The van der Waals surface area contributed by atoms with Gasteiger partial charge < -0.3 is 9.88 Å². The SMILES string of the molecule is CC(C)CN(C)C(=O)c1ccc2nc[nH]c2c1. The van der Waals surface area contributed by atoms with E-state index in [-0.39, 0.29) is 5.91 Å². The highest BCUT2D eigenvalue weighted by Gasteiger charge is 2.13. The fraction of sp³-hybridized carbons (Fsp3) is 0.385. The Morgan fingerprint density at radius 2 is 2.24 bits per heavy atom. The van der Waals surface area contributed by atoms with Crippen molar-refractivity contribution in [3.8, 4) is 0 Å². The van der Waals surface area contributed by atoms with Crippen molar-refractivity contribution in [1.82, 2.24) is 14.9 Å². The predicted molar refractivity (Wildman–Crippen MR) is 67.9 cm³/mol. The van der Waals surface area contributed by atoms with Crippen LogP contribution in [-0.4, -0.2) is 34.4 Å². The highest BCUT2D eigenvalue weighted by atomic mass is 16.2. The van der Waals surface area contributed by atoms with Crippen LogP contribution in [0.15, 0.2) is 24.5 Å². The number of amides is 1. The van der Waals surface area contributed by atoms with Crippen molar-refractivity contribution >= 4 is 16.9 Å². The molecule has 2 aromatic rings. The van der Waals surface area contributed by atoms with Gasteiger partial charge in [-0.2, -0.15) is 0 Å². The largest absolute Gasteiger partial charge is 0.345 e. The van der Waals surface area contributed by atoms with Crippen molar-refractivity contribution < 1.29 is 4.79 Å². The van der Waals surface area contributed by atoms with Crippen molar-refractivity contribution in [3.63, 3.8) is 0 Å². The van der Waals surface area contributed by atoms with E-state index in [9.17, 15) is 4.79 Å². The molecular weight excluding hydrogens is 214 g/mol. The summed E-state index contributed by atoms with van der Waals surface area (Å²) < 4.78 is 0. The lowest BCUT2D eigenvalue weighted by atomic mass is 10.1. The summed E-state index contributed by atoms with van der Waals surface area (Å²) >= 11 is 0. The molecule has 0 saturated heterocycles. The summed E-state index contributed by atoms with van der Waals surface area (Å²) in [5, 5.41) is 0. The molecule has 90 valence electrons. The van der Waals surface area contributed by atoms with Crippen molar-refractivity contribution in [2.75, 3.05) is 13.6 Å². The first-order chi connectivity index (χ1) is 8.08. The average Bonchev–Trinajstić information content (AvgIpc) is 2.73. The second kappa shape index (κ2) is 4.57. The summed E-state index contributed by atoms with van der Waals surface area (Å²) in [6.45, 7) is 4.96. The van der Waals surface area contributed by atoms with Crippen molar-refractivity contribution in [3.05, 3.63) is 30.1 Å². The first kappa shape index (κ1) is 11.6. The molecule has 0 unspecified atom stereocenters. The Kier molecular flexibility index (Phi) is 3.13. The minimum absolute atomic E-state index is 0.0511. The van der Waals surface area contributed by atoms with Crippen LogP contribution in [0.1, 0.15) is 24.2 Å². The number of nitrogens with zero attached hydrogens (tertiary/aromatic N) is 2. The maximum Gasteiger partial charge on any atom is 0.253 e. The zero-order chi connectivity index (χ0) is 12.4. The number of nitrogens with one attached hydrogen (secondary N) is 1. The van der Waals surface area contributed by atoms with E-state index in [0.29, 0.717) is 11.5 Å². The van der Waals surface area contributed by atoms with Crippen LogP contribution in [0.4, 0.5) is 0 Å². The maximum absolute atomic E-state index is 12.1. The molecule has 4 heteroatoms. The van der Waals surface area contributed by atoms with Gasteiger partial charge in [0.15, 0.2) is 0 Å². The topological polar surface area (TPSA) is 49.0 Å². The third-order valence-electron chi connectivity index (χ3n) is 2.65. The molecule has 0 saturated carbocycles. The van der Waals surface area contributed by atoms with Crippen LogP contribution >= 0.6 is 0 Å². The van der Waals surface area contributed by atoms with Crippen LogP contribution in [0.25, 0.3) is 11.0 Å². The van der Waals surface area contributed by atoms with Crippen LogP contribution in [0.2, 0.25) is 0 Å². The lowest BCUT2D eigenvalue weighted by Crippen LogP contribution is -2.30. The van der Waals surface area contributed by atoms with Gasteiger partial charge in [0.25, 0.3) is 5.91 Å². The first-order valence-corrected chi connectivity index (χ1v) is 5.76.